The number of hydrogen-bond donors (Lipinski definition) is 1. The first kappa shape index (κ1) is 11.1. The minimum absolute atomic E-state index is 0.0601. The summed E-state index contributed by atoms with van der Waals surface area (Å²) in [5, 5.41) is 10.5. The summed E-state index contributed by atoms with van der Waals surface area (Å²) in [6.45, 7) is 3.69. The van der Waals surface area contributed by atoms with E-state index in [1.165, 1.54) is 12.1 Å². The van der Waals surface area contributed by atoms with E-state index in [0.29, 0.717) is 4.47 Å². The summed E-state index contributed by atoms with van der Waals surface area (Å²) in [6, 6.07) is 4.58. The molecule has 5 heteroatoms. The SMILES string of the molecule is CC(C)(N)c1ccc([N+](=O)[O-])cc1Br. The van der Waals surface area contributed by atoms with Crippen molar-refractivity contribution in [3.05, 3.63) is 38.3 Å². The van der Waals surface area contributed by atoms with Crippen LogP contribution in [-0.4, -0.2) is 4.92 Å². The van der Waals surface area contributed by atoms with Crippen LogP contribution in [0.25, 0.3) is 0 Å². The van der Waals surface area contributed by atoms with Gasteiger partial charge in [-0.1, -0.05) is 15.9 Å². The number of halogens is 1. The maximum absolute atomic E-state index is 10.5. The molecular weight excluding hydrogens is 248 g/mol. The molecule has 0 saturated heterocycles. The number of rotatable bonds is 2. The number of non-ortho nitro benzene ring substituents is 1. The summed E-state index contributed by atoms with van der Waals surface area (Å²) in [6.07, 6.45) is 0. The molecule has 0 amide bonds. The molecule has 1 aromatic rings. The van der Waals surface area contributed by atoms with Gasteiger partial charge in [-0.25, -0.2) is 0 Å². The number of nitrogens with zero attached hydrogens (tertiary/aromatic N) is 1. The lowest BCUT2D eigenvalue weighted by molar-refractivity contribution is -0.384. The van der Waals surface area contributed by atoms with Gasteiger partial charge >= 0.3 is 0 Å². The molecule has 14 heavy (non-hydrogen) atoms. The highest BCUT2D eigenvalue weighted by Gasteiger charge is 2.19. The molecule has 0 bridgehead atoms. The molecule has 2 N–H and O–H groups in total. The number of benzene rings is 1. The van der Waals surface area contributed by atoms with Crippen LogP contribution in [0.2, 0.25) is 0 Å². The molecule has 0 radical (unpaired) electrons. The molecule has 0 fully saturated rings. The number of hydrogen-bond acceptors (Lipinski definition) is 3. The van der Waals surface area contributed by atoms with E-state index in [4.69, 9.17) is 5.73 Å². The maximum atomic E-state index is 10.5. The minimum Gasteiger partial charge on any atom is -0.322 e. The average Bonchev–Trinajstić information content (AvgIpc) is 2.01. The fraction of sp³-hybridized carbons (Fsp3) is 0.333. The molecule has 1 aromatic carbocycles. The quantitative estimate of drug-likeness (QED) is 0.655. The van der Waals surface area contributed by atoms with E-state index in [1.807, 2.05) is 13.8 Å². The lowest BCUT2D eigenvalue weighted by Crippen LogP contribution is -2.29. The topological polar surface area (TPSA) is 69.2 Å². The van der Waals surface area contributed by atoms with Crippen LogP contribution >= 0.6 is 15.9 Å². The highest BCUT2D eigenvalue weighted by atomic mass is 79.9. The van der Waals surface area contributed by atoms with Crippen LogP contribution in [-0.2, 0) is 5.54 Å². The van der Waals surface area contributed by atoms with Crippen LogP contribution in [0.1, 0.15) is 19.4 Å². The zero-order valence-electron chi connectivity index (χ0n) is 7.95. The van der Waals surface area contributed by atoms with Gasteiger partial charge in [0.25, 0.3) is 5.69 Å². The highest BCUT2D eigenvalue weighted by Crippen LogP contribution is 2.29. The van der Waals surface area contributed by atoms with Crippen LogP contribution in [0.15, 0.2) is 22.7 Å². The molecule has 0 spiro atoms. The van der Waals surface area contributed by atoms with E-state index in [2.05, 4.69) is 15.9 Å². The Morgan fingerprint density at radius 2 is 2.07 bits per heavy atom. The van der Waals surface area contributed by atoms with Gasteiger partial charge in [-0.15, -0.1) is 0 Å². The first-order valence-electron chi connectivity index (χ1n) is 4.05. The maximum Gasteiger partial charge on any atom is 0.270 e. The van der Waals surface area contributed by atoms with Crippen LogP contribution in [0.4, 0.5) is 5.69 Å². The summed E-state index contributed by atoms with van der Waals surface area (Å²) in [5.74, 6) is 0. The summed E-state index contributed by atoms with van der Waals surface area (Å²) in [7, 11) is 0. The molecule has 0 saturated carbocycles. The molecule has 0 unspecified atom stereocenters. The lowest BCUT2D eigenvalue weighted by atomic mass is 9.96. The molecule has 0 aliphatic heterocycles. The van der Waals surface area contributed by atoms with Crippen molar-refractivity contribution < 1.29 is 4.92 Å². The van der Waals surface area contributed by atoms with E-state index in [-0.39, 0.29) is 5.69 Å². The van der Waals surface area contributed by atoms with Crippen molar-refractivity contribution in [2.24, 2.45) is 5.73 Å². The van der Waals surface area contributed by atoms with E-state index in [9.17, 15) is 10.1 Å². The standard InChI is InChI=1S/C9H11BrN2O2/c1-9(2,11)7-4-3-6(12(13)14)5-8(7)10/h3-5H,11H2,1-2H3. The Morgan fingerprint density at radius 3 is 2.43 bits per heavy atom. The Hall–Kier alpha value is -0.940. The van der Waals surface area contributed by atoms with Crippen molar-refractivity contribution >= 4 is 21.6 Å². The van der Waals surface area contributed by atoms with Crippen molar-refractivity contribution in [1.29, 1.82) is 0 Å². The second kappa shape index (κ2) is 3.67. The fourth-order valence-corrected chi connectivity index (χ4v) is 2.02. The molecule has 0 heterocycles. The number of nitrogens with two attached hydrogens (primary N) is 1. The summed E-state index contributed by atoms with van der Waals surface area (Å²) < 4.78 is 0.666. The normalized spacial score (nSPS) is 11.4. The van der Waals surface area contributed by atoms with Gasteiger partial charge in [0, 0.05) is 22.1 Å². The highest BCUT2D eigenvalue weighted by molar-refractivity contribution is 9.10. The smallest absolute Gasteiger partial charge is 0.270 e. The Balaban J connectivity index is 3.21. The Morgan fingerprint density at radius 1 is 1.50 bits per heavy atom. The van der Waals surface area contributed by atoms with Gasteiger partial charge in [-0.3, -0.25) is 10.1 Å². The van der Waals surface area contributed by atoms with Crippen LogP contribution in [0.5, 0.6) is 0 Å². The van der Waals surface area contributed by atoms with Crippen LogP contribution < -0.4 is 5.73 Å². The average molecular weight is 259 g/mol. The molecule has 0 aliphatic carbocycles. The van der Waals surface area contributed by atoms with E-state index in [0.717, 1.165) is 5.56 Å². The van der Waals surface area contributed by atoms with Crippen LogP contribution in [0, 0.1) is 10.1 Å². The van der Waals surface area contributed by atoms with Gasteiger partial charge in [0.1, 0.15) is 0 Å². The third-order valence-electron chi connectivity index (χ3n) is 1.86. The van der Waals surface area contributed by atoms with Gasteiger partial charge in [0.2, 0.25) is 0 Å². The van der Waals surface area contributed by atoms with Crippen molar-refractivity contribution in [3.8, 4) is 0 Å². The third kappa shape index (κ3) is 2.30. The lowest BCUT2D eigenvalue weighted by Gasteiger charge is -2.20. The van der Waals surface area contributed by atoms with Gasteiger partial charge in [0.15, 0.2) is 0 Å². The molecule has 0 aliphatic rings. The summed E-state index contributed by atoms with van der Waals surface area (Å²) in [5.41, 5.74) is 6.29. The summed E-state index contributed by atoms with van der Waals surface area (Å²) in [4.78, 5) is 10.0. The second-order valence-corrected chi connectivity index (χ2v) is 4.50. The van der Waals surface area contributed by atoms with E-state index < -0.39 is 10.5 Å². The Kier molecular flexibility index (Phi) is 2.92. The van der Waals surface area contributed by atoms with Gasteiger partial charge in [0.05, 0.1) is 4.92 Å². The van der Waals surface area contributed by atoms with Crippen molar-refractivity contribution in [2.75, 3.05) is 0 Å². The number of nitro benzene ring substituents is 1. The predicted molar refractivity (Wildman–Crippen MR) is 58.0 cm³/mol. The van der Waals surface area contributed by atoms with Crippen LogP contribution in [0.3, 0.4) is 0 Å². The molecule has 76 valence electrons. The molecular formula is C9H11BrN2O2. The first-order valence-corrected chi connectivity index (χ1v) is 4.85. The molecule has 4 nitrogen and oxygen atoms in total. The van der Waals surface area contributed by atoms with E-state index >= 15 is 0 Å². The minimum atomic E-state index is -0.506. The van der Waals surface area contributed by atoms with E-state index in [1.54, 1.807) is 6.07 Å². The second-order valence-electron chi connectivity index (χ2n) is 3.64. The molecule has 0 atom stereocenters. The Bertz CT molecular complexity index is 372. The van der Waals surface area contributed by atoms with Crippen molar-refractivity contribution in [2.45, 2.75) is 19.4 Å². The summed E-state index contributed by atoms with van der Waals surface area (Å²) >= 11 is 3.27. The van der Waals surface area contributed by atoms with Gasteiger partial charge in [-0.05, 0) is 25.5 Å². The first-order chi connectivity index (χ1) is 6.32. The largest absolute Gasteiger partial charge is 0.322 e. The zero-order valence-corrected chi connectivity index (χ0v) is 9.54. The molecule has 1 rings (SSSR count). The van der Waals surface area contributed by atoms with Crippen molar-refractivity contribution in [1.82, 2.24) is 0 Å². The third-order valence-corrected chi connectivity index (χ3v) is 2.51. The molecule has 0 aromatic heterocycles. The van der Waals surface area contributed by atoms with Gasteiger partial charge in [-0.2, -0.15) is 0 Å². The zero-order chi connectivity index (χ0) is 10.9. The number of nitro groups is 1. The Labute approximate surface area is 90.4 Å². The monoisotopic (exact) mass is 258 g/mol. The van der Waals surface area contributed by atoms with Crippen molar-refractivity contribution in [3.63, 3.8) is 0 Å². The fourth-order valence-electron chi connectivity index (χ4n) is 1.14. The van der Waals surface area contributed by atoms with Gasteiger partial charge < -0.3 is 5.73 Å². The predicted octanol–water partition coefficient (Wildman–Crippen LogP) is 2.55.